The van der Waals surface area contributed by atoms with Crippen LogP contribution in [0.15, 0.2) is 42.5 Å². The lowest BCUT2D eigenvalue weighted by Gasteiger charge is -2.38. The Bertz CT molecular complexity index is 588. The van der Waals surface area contributed by atoms with E-state index in [4.69, 9.17) is 23.7 Å². The van der Waals surface area contributed by atoms with Crippen molar-refractivity contribution in [3.05, 3.63) is 48.0 Å². The van der Waals surface area contributed by atoms with Gasteiger partial charge in [0.05, 0.1) is 31.0 Å². The Morgan fingerprint density at radius 2 is 1.78 bits per heavy atom. The molecule has 1 aromatic rings. The van der Waals surface area contributed by atoms with Crippen LogP contribution in [0.5, 0.6) is 0 Å². The maximum atomic E-state index is 6.13. The molecule has 5 heteroatoms. The van der Waals surface area contributed by atoms with Gasteiger partial charge in [-0.1, -0.05) is 36.4 Å². The highest BCUT2D eigenvalue weighted by atomic mass is 16.7. The zero-order valence-electron chi connectivity index (χ0n) is 16.7. The lowest BCUT2D eigenvalue weighted by atomic mass is 10.1. The average Bonchev–Trinajstić information content (AvgIpc) is 2.64. The molecule has 150 valence electrons. The summed E-state index contributed by atoms with van der Waals surface area (Å²) in [5.41, 5.74) is 1.16. The fourth-order valence-corrected chi connectivity index (χ4v) is 3.41. The second kappa shape index (κ2) is 9.80. The molecular weight excluding hydrogens is 344 g/mol. The number of rotatable bonds is 7. The van der Waals surface area contributed by atoms with E-state index in [-0.39, 0.29) is 43.1 Å². The summed E-state index contributed by atoms with van der Waals surface area (Å²) in [7, 11) is 0. The molecule has 1 aromatic carbocycles. The third kappa shape index (κ3) is 6.13. The van der Waals surface area contributed by atoms with Gasteiger partial charge in [-0.2, -0.15) is 0 Å². The summed E-state index contributed by atoms with van der Waals surface area (Å²) in [4.78, 5) is 0. The van der Waals surface area contributed by atoms with Crippen LogP contribution in [-0.2, 0) is 30.3 Å². The van der Waals surface area contributed by atoms with E-state index in [1.165, 1.54) is 0 Å². The lowest BCUT2D eigenvalue weighted by molar-refractivity contribution is -0.267. The molecule has 0 N–H and O–H groups in total. The summed E-state index contributed by atoms with van der Waals surface area (Å²) in [6, 6.07) is 10.2. The normalized spacial score (nSPS) is 34.1. The van der Waals surface area contributed by atoms with Gasteiger partial charge in [0.2, 0.25) is 0 Å². The molecule has 0 radical (unpaired) electrons. The molecule has 5 nitrogen and oxygen atoms in total. The summed E-state index contributed by atoms with van der Waals surface area (Å²) >= 11 is 0. The first-order valence-corrected chi connectivity index (χ1v) is 9.97. The predicted octanol–water partition coefficient (Wildman–Crippen LogP) is 4.21. The van der Waals surface area contributed by atoms with Crippen LogP contribution in [0.1, 0.15) is 46.1 Å². The highest BCUT2D eigenvalue weighted by Gasteiger charge is 2.33. The lowest BCUT2D eigenvalue weighted by Crippen LogP contribution is -2.44. The second-order valence-corrected chi connectivity index (χ2v) is 7.56. The van der Waals surface area contributed by atoms with Crippen molar-refractivity contribution in [2.75, 3.05) is 0 Å². The Labute approximate surface area is 162 Å². The third-order valence-corrected chi connectivity index (χ3v) is 4.86. The topological polar surface area (TPSA) is 46.2 Å². The van der Waals surface area contributed by atoms with Gasteiger partial charge in [0.1, 0.15) is 6.10 Å². The molecule has 0 amide bonds. The van der Waals surface area contributed by atoms with Gasteiger partial charge < -0.3 is 23.7 Å². The summed E-state index contributed by atoms with van der Waals surface area (Å²) in [5, 5.41) is 0. The summed E-state index contributed by atoms with van der Waals surface area (Å²) < 4.78 is 29.8. The molecule has 0 spiro atoms. The minimum Gasteiger partial charge on any atom is -0.367 e. The van der Waals surface area contributed by atoms with Crippen LogP contribution in [0.3, 0.4) is 0 Å². The highest BCUT2D eigenvalue weighted by Crippen LogP contribution is 2.27. The SMILES string of the molecule is CC(C)O[C@H]1CC[C@@H](O[C@H]2C=C[C@@H](OCc3ccccc3)[C@H](C)O2)[C@H](C)O1. The number of ether oxygens (including phenoxy) is 5. The van der Waals surface area contributed by atoms with Crippen LogP contribution in [0, 0.1) is 0 Å². The molecule has 0 bridgehead atoms. The molecule has 2 aliphatic heterocycles. The fraction of sp³-hybridized carbons (Fsp3) is 0.636. The van der Waals surface area contributed by atoms with Crippen LogP contribution in [-0.4, -0.2) is 43.1 Å². The zero-order valence-corrected chi connectivity index (χ0v) is 16.7. The molecule has 27 heavy (non-hydrogen) atoms. The van der Waals surface area contributed by atoms with E-state index >= 15 is 0 Å². The molecule has 0 saturated carbocycles. The van der Waals surface area contributed by atoms with Crippen molar-refractivity contribution >= 4 is 0 Å². The summed E-state index contributed by atoms with van der Waals surface area (Å²) in [6.07, 6.45) is 5.21. The van der Waals surface area contributed by atoms with Crippen molar-refractivity contribution in [1.29, 1.82) is 0 Å². The van der Waals surface area contributed by atoms with Crippen molar-refractivity contribution in [2.45, 2.75) is 90.2 Å². The Hall–Kier alpha value is -1.24. The van der Waals surface area contributed by atoms with E-state index in [2.05, 4.69) is 12.1 Å². The van der Waals surface area contributed by atoms with Gasteiger partial charge in [0.15, 0.2) is 12.6 Å². The van der Waals surface area contributed by atoms with Crippen molar-refractivity contribution in [3.63, 3.8) is 0 Å². The van der Waals surface area contributed by atoms with Crippen molar-refractivity contribution < 1.29 is 23.7 Å². The molecule has 6 atom stereocenters. The van der Waals surface area contributed by atoms with E-state index in [9.17, 15) is 0 Å². The highest BCUT2D eigenvalue weighted by molar-refractivity contribution is 5.13. The average molecular weight is 376 g/mol. The Kier molecular flexibility index (Phi) is 7.44. The van der Waals surface area contributed by atoms with Crippen molar-refractivity contribution in [3.8, 4) is 0 Å². The van der Waals surface area contributed by atoms with E-state index in [1.54, 1.807) is 0 Å². The maximum absolute atomic E-state index is 6.13. The van der Waals surface area contributed by atoms with Gasteiger partial charge >= 0.3 is 0 Å². The summed E-state index contributed by atoms with van der Waals surface area (Å²) in [5.74, 6) is 0. The molecule has 0 aliphatic carbocycles. The number of benzene rings is 1. The largest absolute Gasteiger partial charge is 0.367 e. The minimum atomic E-state index is -0.366. The maximum Gasteiger partial charge on any atom is 0.177 e. The van der Waals surface area contributed by atoms with Crippen molar-refractivity contribution in [2.24, 2.45) is 0 Å². The molecular formula is C22H32O5. The first-order chi connectivity index (χ1) is 13.0. The minimum absolute atomic E-state index is 0.000601. The Balaban J connectivity index is 1.46. The van der Waals surface area contributed by atoms with Crippen LogP contribution in [0.2, 0.25) is 0 Å². The quantitative estimate of drug-likeness (QED) is 0.667. The van der Waals surface area contributed by atoms with Gasteiger partial charge in [0.25, 0.3) is 0 Å². The van der Waals surface area contributed by atoms with Gasteiger partial charge in [-0.15, -0.1) is 0 Å². The Morgan fingerprint density at radius 3 is 2.44 bits per heavy atom. The van der Waals surface area contributed by atoms with Gasteiger partial charge in [-0.25, -0.2) is 0 Å². The second-order valence-electron chi connectivity index (χ2n) is 7.56. The van der Waals surface area contributed by atoms with Gasteiger partial charge in [-0.3, -0.25) is 0 Å². The first kappa shape index (κ1) is 20.5. The van der Waals surface area contributed by atoms with Gasteiger partial charge in [-0.05, 0) is 45.8 Å². The number of hydrogen-bond donors (Lipinski definition) is 0. The standard InChI is InChI=1S/C22H32O5/c1-15(2)24-21-13-11-20(17(4)26-21)27-22-12-10-19(16(3)25-22)23-14-18-8-6-5-7-9-18/h5-10,12,15-17,19-22H,11,13-14H2,1-4H3/t16-,17-,19+,20+,21+,22-/m0/s1. The van der Waals surface area contributed by atoms with Gasteiger partial charge in [0, 0.05) is 6.42 Å². The van der Waals surface area contributed by atoms with Crippen molar-refractivity contribution in [1.82, 2.24) is 0 Å². The molecule has 0 aromatic heterocycles. The van der Waals surface area contributed by atoms with Crippen LogP contribution in [0.25, 0.3) is 0 Å². The molecule has 0 unspecified atom stereocenters. The molecule has 2 heterocycles. The monoisotopic (exact) mass is 376 g/mol. The van der Waals surface area contributed by atoms with Crippen LogP contribution in [0.4, 0.5) is 0 Å². The molecule has 3 rings (SSSR count). The fourth-order valence-electron chi connectivity index (χ4n) is 3.41. The smallest absolute Gasteiger partial charge is 0.177 e. The zero-order chi connectivity index (χ0) is 19.2. The van der Waals surface area contributed by atoms with E-state index in [1.807, 2.05) is 58.0 Å². The number of hydrogen-bond acceptors (Lipinski definition) is 5. The van der Waals surface area contributed by atoms with Crippen LogP contribution >= 0.6 is 0 Å². The van der Waals surface area contributed by atoms with E-state index < -0.39 is 0 Å². The molecule has 1 saturated heterocycles. The Morgan fingerprint density at radius 1 is 1.00 bits per heavy atom. The van der Waals surface area contributed by atoms with E-state index in [0.717, 1.165) is 18.4 Å². The summed E-state index contributed by atoms with van der Waals surface area (Å²) in [6.45, 7) is 8.66. The molecule has 2 aliphatic rings. The van der Waals surface area contributed by atoms with E-state index in [0.29, 0.717) is 6.61 Å². The molecule has 1 fully saturated rings. The first-order valence-electron chi connectivity index (χ1n) is 9.97. The predicted molar refractivity (Wildman–Crippen MR) is 103 cm³/mol. The third-order valence-electron chi connectivity index (χ3n) is 4.86. The van der Waals surface area contributed by atoms with Crippen LogP contribution < -0.4 is 0 Å².